The molecule has 0 N–H and O–H groups in total. The van der Waals surface area contributed by atoms with Gasteiger partial charge in [-0.3, -0.25) is 0 Å². The Morgan fingerprint density at radius 3 is 2.38 bits per heavy atom. The van der Waals surface area contributed by atoms with E-state index in [9.17, 15) is 0 Å². The molecule has 13 heavy (non-hydrogen) atoms. The topological polar surface area (TPSA) is 0 Å². The zero-order chi connectivity index (χ0) is 9.31. The van der Waals surface area contributed by atoms with Crippen LogP contribution in [-0.4, -0.2) is 0 Å². The van der Waals surface area contributed by atoms with Crippen molar-refractivity contribution in [3.05, 3.63) is 42.0 Å². The molecule has 0 nitrogen and oxygen atoms in total. The Labute approximate surface area is 80.3 Å². The minimum atomic E-state index is 0.561. The monoisotopic (exact) mass is 172 g/mol. The van der Waals surface area contributed by atoms with Crippen LogP contribution in [0, 0.1) is 11.3 Å². The highest BCUT2D eigenvalue weighted by Crippen LogP contribution is 2.52. The summed E-state index contributed by atoms with van der Waals surface area (Å²) in [5.74, 6) is 0.799. The number of allylic oxidation sites excluding steroid dienone is 1. The van der Waals surface area contributed by atoms with Crippen molar-refractivity contribution in [2.45, 2.75) is 20.3 Å². The van der Waals surface area contributed by atoms with E-state index in [2.05, 4.69) is 56.3 Å². The first kappa shape index (κ1) is 8.55. The number of hydrogen-bond acceptors (Lipinski definition) is 0. The fourth-order valence-electron chi connectivity index (χ4n) is 1.63. The van der Waals surface area contributed by atoms with Crippen LogP contribution in [0.3, 0.4) is 0 Å². The van der Waals surface area contributed by atoms with E-state index in [0.29, 0.717) is 5.41 Å². The molecular formula is C13H16. The van der Waals surface area contributed by atoms with Crippen molar-refractivity contribution < 1.29 is 0 Å². The smallest absolute Gasteiger partial charge is 0.0173 e. The Balaban J connectivity index is 2.00. The van der Waals surface area contributed by atoms with Crippen LogP contribution in [0.4, 0.5) is 0 Å². The summed E-state index contributed by atoms with van der Waals surface area (Å²) < 4.78 is 0. The molecule has 1 aromatic rings. The van der Waals surface area contributed by atoms with Crippen molar-refractivity contribution in [2.24, 2.45) is 11.3 Å². The van der Waals surface area contributed by atoms with Gasteiger partial charge in [-0.1, -0.05) is 56.3 Å². The Hall–Kier alpha value is -1.04. The largest absolute Gasteiger partial charge is 0.0803 e. The maximum atomic E-state index is 2.34. The molecule has 68 valence electrons. The third kappa shape index (κ3) is 2.00. The first-order chi connectivity index (χ1) is 6.18. The molecule has 0 radical (unpaired) electrons. The van der Waals surface area contributed by atoms with E-state index in [1.807, 2.05) is 0 Å². The van der Waals surface area contributed by atoms with Gasteiger partial charge in [0.25, 0.3) is 0 Å². The number of hydrogen-bond donors (Lipinski definition) is 0. The summed E-state index contributed by atoms with van der Waals surface area (Å²) >= 11 is 0. The lowest BCUT2D eigenvalue weighted by Gasteiger charge is -1.96. The van der Waals surface area contributed by atoms with E-state index < -0.39 is 0 Å². The fourth-order valence-corrected chi connectivity index (χ4v) is 1.63. The van der Waals surface area contributed by atoms with Crippen molar-refractivity contribution in [2.75, 3.05) is 0 Å². The zero-order valence-electron chi connectivity index (χ0n) is 8.33. The van der Waals surface area contributed by atoms with E-state index in [0.717, 1.165) is 5.92 Å². The normalized spacial score (nSPS) is 24.9. The van der Waals surface area contributed by atoms with Crippen LogP contribution in [0.2, 0.25) is 0 Å². The van der Waals surface area contributed by atoms with Gasteiger partial charge in [0, 0.05) is 0 Å². The summed E-state index contributed by atoms with van der Waals surface area (Å²) in [7, 11) is 0. The fraction of sp³-hybridized carbons (Fsp3) is 0.385. The molecule has 0 aliphatic heterocycles. The molecule has 1 aliphatic rings. The van der Waals surface area contributed by atoms with Gasteiger partial charge in [-0.05, 0) is 23.3 Å². The lowest BCUT2D eigenvalue weighted by atomic mass is 10.1. The molecule has 0 spiro atoms. The zero-order valence-corrected chi connectivity index (χ0v) is 8.33. The second-order valence-electron chi connectivity index (χ2n) is 4.57. The van der Waals surface area contributed by atoms with Crippen LogP contribution in [0.15, 0.2) is 36.4 Å². The van der Waals surface area contributed by atoms with Crippen molar-refractivity contribution in [1.29, 1.82) is 0 Å². The van der Waals surface area contributed by atoms with Crippen LogP contribution in [-0.2, 0) is 0 Å². The predicted molar refractivity (Wildman–Crippen MR) is 57.4 cm³/mol. The predicted octanol–water partition coefficient (Wildman–Crippen LogP) is 3.75. The van der Waals surface area contributed by atoms with Gasteiger partial charge in [0.05, 0.1) is 0 Å². The molecule has 1 aromatic carbocycles. The Morgan fingerprint density at radius 1 is 1.23 bits per heavy atom. The molecule has 0 aromatic heterocycles. The van der Waals surface area contributed by atoms with Crippen LogP contribution < -0.4 is 0 Å². The highest BCUT2D eigenvalue weighted by molar-refractivity contribution is 5.49. The minimum Gasteiger partial charge on any atom is -0.0803 e. The SMILES string of the molecule is CC1(C)CC1C=Cc1ccccc1. The average Bonchev–Trinajstić information content (AvgIpc) is 2.73. The van der Waals surface area contributed by atoms with Gasteiger partial charge in [0.1, 0.15) is 0 Å². The minimum absolute atomic E-state index is 0.561. The van der Waals surface area contributed by atoms with Crippen LogP contribution >= 0.6 is 0 Å². The maximum absolute atomic E-state index is 2.34. The molecule has 0 saturated heterocycles. The Morgan fingerprint density at radius 2 is 1.85 bits per heavy atom. The lowest BCUT2D eigenvalue weighted by Crippen LogP contribution is -1.85. The van der Waals surface area contributed by atoms with Gasteiger partial charge in [0.15, 0.2) is 0 Å². The standard InChI is InChI=1S/C13H16/c1-13(2)10-12(13)9-8-11-6-4-3-5-7-11/h3-9,12H,10H2,1-2H3. The van der Waals surface area contributed by atoms with E-state index in [1.54, 1.807) is 0 Å². The van der Waals surface area contributed by atoms with E-state index in [-0.39, 0.29) is 0 Å². The summed E-state index contributed by atoms with van der Waals surface area (Å²) in [6.45, 7) is 4.65. The van der Waals surface area contributed by atoms with Crippen molar-refractivity contribution in [1.82, 2.24) is 0 Å². The molecule has 0 heterocycles. The highest BCUT2D eigenvalue weighted by atomic mass is 14.5. The van der Waals surface area contributed by atoms with Crippen molar-refractivity contribution >= 4 is 6.08 Å². The van der Waals surface area contributed by atoms with Gasteiger partial charge in [-0.15, -0.1) is 0 Å². The summed E-state index contributed by atoms with van der Waals surface area (Å²) in [5, 5.41) is 0. The van der Waals surface area contributed by atoms with Gasteiger partial charge < -0.3 is 0 Å². The summed E-state index contributed by atoms with van der Waals surface area (Å²) in [5.41, 5.74) is 1.87. The highest BCUT2D eigenvalue weighted by Gasteiger charge is 2.43. The Kier molecular flexibility index (Phi) is 1.99. The van der Waals surface area contributed by atoms with E-state index in [1.165, 1.54) is 12.0 Å². The molecule has 1 saturated carbocycles. The second-order valence-corrected chi connectivity index (χ2v) is 4.57. The van der Waals surface area contributed by atoms with E-state index >= 15 is 0 Å². The van der Waals surface area contributed by atoms with Gasteiger partial charge in [-0.25, -0.2) is 0 Å². The Bertz CT molecular complexity index is 306. The van der Waals surface area contributed by atoms with Crippen LogP contribution in [0.1, 0.15) is 25.8 Å². The van der Waals surface area contributed by atoms with Crippen molar-refractivity contribution in [3.63, 3.8) is 0 Å². The molecule has 1 atom stereocenters. The number of rotatable bonds is 2. The lowest BCUT2D eigenvalue weighted by molar-refractivity contribution is 0.611. The third-order valence-electron chi connectivity index (χ3n) is 2.91. The maximum Gasteiger partial charge on any atom is -0.0173 e. The molecule has 1 unspecified atom stereocenters. The van der Waals surface area contributed by atoms with Crippen LogP contribution in [0.25, 0.3) is 6.08 Å². The first-order valence-corrected chi connectivity index (χ1v) is 4.92. The van der Waals surface area contributed by atoms with Crippen LogP contribution in [0.5, 0.6) is 0 Å². The first-order valence-electron chi connectivity index (χ1n) is 4.92. The number of benzene rings is 1. The molecule has 1 aliphatic carbocycles. The molecule has 0 amide bonds. The van der Waals surface area contributed by atoms with Crippen molar-refractivity contribution in [3.8, 4) is 0 Å². The van der Waals surface area contributed by atoms with Gasteiger partial charge in [-0.2, -0.15) is 0 Å². The second kappa shape index (κ2) is 3.02. The van der Waals surface area contributed by atoms with E-state index in [4.69, 9.17) is 0 Å². The third-order valence-corrected chi connectivity index (χ3v) is 2.91. The molecule has 0 heteroatoms. The molecule has 0 bridgehead atoms. The van der Waals surface area contributed by atoms with Gasteiger partial charge >= 0.3 is 0 Å². The molecule has 1 fully saturated rings. The quantitative estimate of drug-likeness (QED) is 0.637. The average molecular weight is 172 g/mol. The molecular weight excluding hydrogens is 156 g/mol. The summed E-state index contributed by atoms with van der Waals surface area (Å²) in [6, 6.07) is 10.5. The molecule has 2 rings (SSSR count). The summed E-state index contributed by atoms with van der Waals surface area (Å²) in [4.78, 5) is 0. The van der Waals surface area contributed by atoms with Gasteiger partial charge in [0.2, 0.25) is 0 Å². The summed E-state index contributed by atoms with van der Waals surface area (Å²) in [6.07, 6.45) is 5.92.